The van der Waals surface area contributed by atoms with Crippen molar-refractivity contribution >= 4 is 5.91 Å². The number of carbonyl (C=O) groups is 1. The molecular formula is C10H10F3NO2. The maximum Gasteiger partial charge on any atom is 0.405 e. The molecule has 1 rings (SSSR count). The van der Waals surface area contributed by atoms with Crippen molar-refractivity contribution in [3.63, 3.8) is 0 Å². The van der Waals surface area contributed by atoms with Crippen molar-refractivity contribution in [1.29, 1.82) is 0 Å². The topological polar surface area (TPSA) is 38.3 Å². The first-order valence-electron chi connectivity index (χ1n) is 4.41. The molecule has 0 aliphatic heterocycles. The minimum Gasteiger partial charge on any atom is -0.497 e. The van der Waals surface area contributed by atoms with Gasteiger partial charge in [0.2, 0.25) is 0 Å². The molecule has 1 aromatic rings. The Morgan fingerprint density at radius 1 is 1.44 bits per heavy atom. The van der Waals surface area contributed by atoms with E-state index in [9.17, 15) is 18.0 Å². The predicted octanol–water partition coefficient (Wildman–Crippen LogP) is 1.99. The van der Waals surface area contributed by atoms with Crippen LogP contribution in [0.4, 0.5) is 13.2 Å². The SMILES string of the molecule is COc1cccc(C(=O)NCC(F)(F)F)c1. The zero-order valence-corrected chi connectivity index (χ0v) is 8.47. The van der Waals surface area contributed by atoms with Gasteiger partial charge in [-0.2, -0.15) is 13.2 Å². The molecule has 0 aromatic heterocycles. The number of benzene rings is 1. The lowest BCUT2D eigenvalue weighted by Gasteiger charge is -2.08. The Labute approximate surface area is 90.2 Å². The van der Waals surface area contributed by atoms with Crippen LogP contribution in [0.25, 0.3) is 0 Å². The molecule has 0 saturated carbocycles. The highest BCUT2D eigenvalue weighted by Gasteiger charge is 2.27. The molecule has 0 radical (unpaired) electrons. The monoisotopic (exact) mass is 233 g/mol. The standard InChI is InChI=1S/C10H10F3NO2/c1-16-8-4-2-3-7(5-8)9(15)14-6-10(11,12)13/h2-5H,6H2,1H3,(H,14,15). The summed E-state index contributed by atoms with van der Waals surface area (Å²) < 4.78 is 40.4. The van der Waals surface area contributed by atoms with E-state index < -0.39 is 18.6 Å². The minimum atomic E-state index is -4.41. The van der Waals surface area contributed by atoms with Crippen LogP contribution < -0.4 is 10.1 Å². The Balaban J connectivity index is 2.66. The summed E-state index contributed by atoms with van der Waals surface area (Å²) in [6.45, 7) is -1.34. The summed E-state index contributed by atoms with van der Waals surface area (Å²) in [5, 5.41) is 1.77. The van der Waals surface area contributed by atoms with Gasteiger partial charge in [-0.15, -0.1) is 0 Å². The van der Waals surface area contributed by atoms with Gasteiger partial charge in [0.1, 0.15) is 12.3 Å². The van der Waals surface area contributed by atoms with Crippen LogP contribution in [0.2, 0.25) is 0 Å². The average molecular weight is 233 g/mol. The van der Waals surface area contributed by atoms with E-state index in [1.54, 1.807) is 11.4 Å². The lowest BCUT2D eigenvalue weighted by atomic mass is 10.2. The van der Waals surface area contributed by atoms with Gasteiger partial charge in [0, 0.05) is 5.56 Å². The van der Waals surface area contributed by atoms with Gasteiger partial charge in [0.05, 0.1) is 7.11 Å². The van der Waals surface area contributed by atoms with Gasteiger partial charge < -0.3 is 10.1 Å². The Kier molecular flexibility index (Phi) is 3.76. The van der Waals surface area contributed by atoms with Gasteiger partial charge >= 0.3 is 6.18 Å². The zero-order chi connectivity index (χ0) is 12.2. The van der Waals surface area contributed by atoms with Crippen LogP contribution in [-0.4, -0.2) is 25.7 Å². The molecule has 0 bridgehead atoms. The van der Waals surface area contributed by atoms with Crippen molar-refractivity contribution in [3.8, 4) is 5.75 Å². The van der Waals surface area contributed by atoms with E-state index in [0.29, 0.717) is 5.75 Å². The second kappa shape index (κ2) is 4.87. The third-order valence-corrected chi connectivity index (χ3v) is 1.78. The highest BCUT2D eigenvalue weighted by Crippen LogP contribution is 2.14. The first-order chi connectivity index (χ1) is 7.42. The van der Waals surface area contributed by atoms with Crippen molar-refractivity contribution in [2.75, 3.05) is 13.7 Å². The summed E-state index contributed by atoms with van der Waals surface area (Å²) in [7, 11) is 1.41. The van der Waals surface area contributed by atoms with Crippen LogP contribution in [0.3, 0.4) is 0 Å². The summed E-state index contributed by atoms with van der Waals surface area (Å²) in [5.74, 6) is -0.365. The van der Waals surface area contributed by atoms with E-state index in [0.717, 1.165) is 0 Å². The maximum absolute atomic E-state index is 11.8. The number of carbonyl (C=O) groups excluding carboxylic acids is 1. The molecule has 0 saturated heterocycles. The van der Waals surface area contributed by atoms with Crippen molar-refractivity contribution in [1.82, 2.24) is 5.32 Å². The fourth-order valence-corrected chi connectivity index (χ4v) is 1.05. The van der Waals surface area contributed by atoms with Crippen LogP contribution in [0.1, 0.15) is 10.4 Å². The van der Waals surface area contributed by atoms with E-state index >= 15 is 0 Å². The average Bonchev–Trinajstić information content (AvgIpc) is 2.25. The van der Waals surface area contributed by atoms with Crippen LogP contribution in [0.15, 0.2) is 24.3 Å². The predicted molar refractivity (Wildman–Crippen MR) is 51.4 cm³/mol. The third kappa shape index (κ3) is 3.80. The Hall–Kier alpha value is -1.72. The number of amides is 1. The number of alkyl halides is 3. The maximum atomic E-state index is 11.8. The summed E-state index contributed by atoms with van der Waals surface area (Å²) >= 11 is 0. The lowest BCUT2D eigenvalue weighted by Crippen LogP contribution is -2.33. The van der Waals surface area contributed by atoms with Gasteiger partial charge in [-0.1, -0.05) is 6.07 Å². The second-order valence-electron chi connectivity index (χ2n) is 3.03. The minimum absolute atomic E-state index is 0.128. The van der Waals surface area contributed by atoms with Crippen LogP contribution in [-0.2, 0) is 0 Å². The van der Waals surface area contributed by atoms with Crippen LogP contribution in [0.5, 0.6) is 5.75 Å². The summed E-state index contributed by atoms with van der Waals surface area (Å²) in [6.07, 6.45) is -4.41. The molecule has 0 spiro atoms. The molecule has 0 heterocycles. The normalized spacial score (nSPS) is 11.0. The summed E-state index contributed by atoms with van der Waals surface area (Å²) in [5.41, 5.74) is 0.128. The Morgan fingerprint density at radius 3 is 2.69 bits per heavy atom. The molecule has 0 unspecified atom stereocenters. The second-order valence-corrected chi connectivity index (χ2v) is 3.03. The van der Waals surface area contributed by atoms with E-state index in [-0.39, 0.29) is 5.56 Å². The molecule has 88 valence electrons. The van der Waals surface area contributed by atoms with Gasteiger partial charge in [0.25, 0.3) is 5.91 Å². The number of halogens is 3. The molecule has 0 fully saturated rings. The van der Waals surface area contributed by atoms with E-state index in [4.69, 9.17) is 4.74 Å². The highest BCUT2D eigenvalue weighted by atomic mass is 19.4. The fourth-order valence-electron chi connectivity index (χ4n) is 1.05. The van der Waals surface area contributed by atoms with Crippen LogP contribution >= 0.6 is 0 Å². The molecule has 1 aromatic carbocycles. The van der Waals surface area contributed by atoms with Gasteiger partial charge in [-0.3, -0.25) is 4.79 Å². The van der Waals surface area contributed by atoms with E-state index in [1.165, 1.54) is 25.3 Å². The largest absolute Gasteiger partial charge is 0.497 e. The Bertz CT molecular complexity index is 377. The fraction of sp³-hybridized carbons (Fsp3) is 0.300. The summed E-state index contributed by atoms with van der Waals surface area (Å²) in [6, 6.07) is 5.90. The molecule has 16 heavy (non-hydrogen) atoms. The van der Waals surface area contributed by atoms with Gasteiger partial charge in [-0.25, -0.2) is 0 Å². The molecule has 1 amide bonds. The molecular weight excluding hydrogens is 223 g/mol. The molecule has 3 nitrogen and oxygen atoms in total. The number of hydrogen-bond acceptors (Lipinski definition) is 2. The van der Waals surface area contributed by atoms with Crippen molar-refractivity contribution in [2.24, 2.45) is 0 Å². The first-order valence-corrected chi connectivity index (χ1v) is 4.41. The first kappa shape index (κ1) is 12.4. The molecule has 1 N–H and O–H groups in total. The smallest absolute Gasteiger partial charge is 0.405 e. The van der Waals surface area contributed by atoms with Crippen molar-refractivity contribution in [2.45, 2.75) is 6.18 Å². The van der Waals surface area contributed by atoms with Crippen LogP contribution in [0, 0.1) is 0 Å². The van der Waals surface area contributed by atoms with E-state index in [1.807, 2.05) is 0 Å². The number of methoxy groups -OCH3 is 1. The molecule has 0 aliphatic rings. The highest BCUT2D eigenvalue weighted by molar-refractivity contribution is 5.94. The lowest BCUT2D eigenvalue weighted by molar-refractivity contribution is -0.123. The molecule has 0 atom stereocenters. The van der Waals surface area contributed by atoms with Gasteiger partial charge in [-0.05, 0) is 18.2 Å². The number of hydrogen-bond donors (Lipinski definition) is 1. The van der Waals surface area contributed by atoms with Gasteiger partial charge in [0.15, 0.2) is 0 Å². The number of nitrogens with one attached hydrogen (secondary N) is 1. The summed E-state index contributed by atoms with van der Waals surface area (Å²) in [4.78, 5) is 11.3. The van der Waals surface area contributed by atoms with Crippen molar-refractivity contribution in [3.05, 3.63) is 29.8 Å². The van der Waals surface area contributed by atoms with Crippen molar-refractivity contribution < 1.29 is 22.7 Å². The Morgan fingerprint density at radius 2 is 2.12 bits per heavy atom. The third-order valence-electron chi connectivity index (χ3n) is 1.78. The molecule has 0 aliphatic carbocycles. The molecule has 6 heteroatoms. The van der Waals surface area contributed by atoms with E-state index in [2.05, 4.69) is 0 Å². The number of ether oxygens (including phenoxy) is 1. The number of rotatable bonds is 3. The quantitative estimate of drug-likeness (QED) is 0.866. The zero-order valence-electron chi connectivity index (χ0n) is 8.47.